The van der Waals surface area contributed by atoms with Crippen LogP contribution in [0.25, 0.3) is 166 Å². The minimum Gasteiger partial charge on any atom is -0.309 e. The third-order valence-corrected chi connectivity index (χ3v) is 24.1. The van der Waals surface area contributed by atoms with Crippen molar-refractivity contribution in [2.24, 2.45) is 0 Å². The monoisotopic (exact) mass is 1570 g/mol. The maximum Gasteiger partial charge on any atom is 0.0949 e. The molecule has 6 nitrogen and oxygen atoms in total. The van der Waals surface area contributed by atoms with Crippen LogP contribution in [0.1, 0.15) is 0 Å². The van der Waals surface area contributed by atoms with E-state index in [2.05, 4.69) is 461 Å². The van der Waals surface area contributed by atoms with Crippen LogP contribution in [-0.4, -0.2) is 15.0 Å². The van der Waals surface area contributed by atoms with Crippen molar-refractivity contribution in [3.8, 4) is 134 Å². The van der Waals surface area contributed by atoms with Gasteiger partial charge in [-0.25, -0.2) is 0 Å². The fraction of sp³-hybridized carbons (Fsp3) is 0. The highest BCUT2D eigenvalue weighted by Crippen LogP contribution is 2.56. The van der Waals surface area contributed by atoms with Gasteiger partial charge in [-0.1, -0.05) is 309 Å². The fourth-order valence-electron chi connectivity index (χ4n) is 18.4. The van der Waals surface area contributed by atoms with Gasteiger partial charge in [-0.2, -0.15) is 0 Å². The van der Waals surface area contributed by atoms with Crippen LogP contribution in [0, 0.1) is 0 Å². The Hall–Kier alpha value is -16.4. The van der Waals surface area contributed by atoms with E-state index in [1.54, 1.807) is 0 Å². The van der Waals surface area contributed by atoms with E-state index < -0.39 is 0 Å². The van der Waals surface area contributed by atoms with Crippen LogP contribution in [0.2, 0.25) is 0 Å². The molecule has 3 aliphatic heterocycles. The molecule has 6 heteroatoms. The number of aromatic nitrogens is 3. The number of hydrogen-bond donors (Lipinski definition) is 0. The molecule has 0 spiro atoms. The zero-order valence-electron chi connectivity index (χ0n) is 67.2. The molecule has 0 saturated carbocycles. The second kappa shape index (κ2) is 31.8. The Bertz CT molecular complexity index is 6850. The SMILES string of the molecule is c1ccc(-c2cccc(-c3cccc(N4c5cccnc5-c5cc(-c6ccccc6)cc6cccc4c56)c3)c2)cc1.c1ccc(-c2cccc(-c3cccc(N4c5ccncc5-c5cc(-c6ccccc6)cc6cccc4c56)c3)c2)cc1.c1ccc(-c2cccc(-c3cccc(N4c5cnccc5-c5cc(-c6ccccc6)cc6cccc4c56)c3)c2)cc1. The summed E-state index contributed by atoms with van der Waals surface area (Å²) in [5.41, 5.74) is 39.0. The lowest BCUT2D eigenvalue weighted by Gasteiger charge is -2.33. The van der Waals surface area contributed by atoms with E-state index in [0.717, 1.165) is 45.4 Å². The summed E-state index contributed by atoms with van der Waals surface area (Å²) in [5, 5.41) is 7.43. The number of rotatable bonds is 12. The van der Waals surface area contributed by atoms with E-state index in [1.165, 1.54) is 172 Å². The summed E-state index contributed by atoms with van der Waals surface area (Å²) >= 11 is 0. The van der Waals surface area contributed by atoms with E-state index in [0.29, 0.717) is 0 Å². The Labute approximate surface area is 715 Å². The summed E-state index contributed by atoms with van der Waals surface area (Å²) in [5.74, 6) is 0. The van der Waals surface area contributed by atoms with Crippen LogP contribution in [0.5, 0.6) is 0 Å². The predicted molar refractivity (Wildman–Crippen MR) is 515 cm³/mol. The minimum atomic E-state index is 1.01. The maximum atomic E-state index is 4.94. The molecule has 0 atom stereocenters. The molecule has 3 aromatic heterocycles. The molecular formula is C117H78N6. The smallest absolute Gasteiger partial charge is 0.0949 e. The minimum absolute atomic E-state index is 1.01. The molecule has 0 aliphatic carbocycles. The van der Waals surface area contributed by atoms with Crippen molar-refractivity contribution in [3.05, 3.63) is 474 Å². The molecule has 0 fully saturated rings. The Balaban J connectivity index is 0.000000110. The van der Waals surface area contributed by atoms with Crippen molar-refractivity contribution in [1.29, 1.82) is 0 Å². The highest BCUT2D eigenvalue weighted by molar-refractivity contribution is 6.18. The van der Waals surface area contributed by atoms with Gasteiger partial charge in [-0.3, -0.25) is 15.0 Å². The average Bonchev–Trinajstić information content (AvgIpc) is 0.732. The van der Waals surface area contributed by atoms with Gasteiger partial charge in [-0.15, -0.1) is 0 Å². The molecule has 0 N–H and O–H groups in total. The van der Waals surface area contributed by atoms with Crippen molar-refractivity contribution < 1.29 is 0 Å². The zero-order chi connectivity index (χ0) is 81.5. The molecule has 3 aliphatic rings. The predicted octanol–water partition coefficient (Wildman–Crippen LogP) is 32.1. The first-order valence-electron chi connectivity index (χ1n) is 41.9. The van der Waals surface area contributed by atoms with Crippen molar-refractivity contribution in [1.82, 2.24) is 15.0 Å². The lowest BCUT2D eigenvalue weighted by atomic mass is 9.88. The Kier molecular flexibility index (Phi) is 18.9. The molecule has 0 saturated heterocycles. The molecule has 576 valence electrons. The van der Waals surface area contributed by atoms with Gasteiger partial charge in [-0.05, 0) is 261 Å². The summed E-state index contributed by atoms with van der Waals surface area (Å²) < 4.78 is 0. The second-order valence-electron chi connectivity index (χ2n) is 31.4. The average molecular weight is 1570 g/mol. The Morgan fingerprint density at radius 3 is 0.854 bits per heavy atom. The Morgan fingerprint density at radius 2 is 0.447 bits per heavy atom. The van der Waals surface area contributed by atoms with E-state index in [1.807, 2.05) is 37.1 Å². The van der Waals surface area contributed by atoms with E-state index in [-0.39, 0.29) is 0 Å². The first kappa shape index (κ1) is 73.0. The summed E-state index contributed by atoms with van der Waals surface area (Å²) in [6, 6.07) is 159. The first-order valence-corrected chi connectivity index (χ1v) is 41.9. The third-order valence-electron chi connectivity index (χ3n) is 24.1. The van der Waals surface area contributed by atoms with Crippen LogP contribution >= 0.6 is 0 Å². The maximum absolute atomic E-state index is 4.94. The first-order chi connectivity index (χ1) is 61.0. The van der Waals surface area contributed by atoms with Crippen LogP contribution in [0.15, 0.2) is 474 Å². The van der Waals surface area contributed by atoms with Gasteiger partial charge >= 0.3 is 0 Å². The van der Waals surface area contributed by atoms with Crippen LogP contribution < -0.4 is 14.7 Å². The van der Waals surface area contributed by atoms with Crippen molar-refractivity contribution in [3.63, 3.8) is 0 Å². The van der Waals surface area contributed by atoms with Gasteiger partial charge in [0.25, 0.3) is 0 Å². The van der Waals surface area contributed by atoms with E-state index >= 15 is 0 Å². The van der Waals surface area contributed by atoms with Gasteiger partial charge in [0.15, 0.2) is 0 Å². The molecule has 0 amide bonds. The number of pyridine rings is 3. The molecule has 18 aromatic carbocycles. The molecule has 6 heterocycles. The lowest BCUT2D eigenvalue weighted by molar-refractivity contribution is 1.22. The normalized spacial score (nSPS) is 11.9. The zero-order valence-corrected chi connectivity index (χ0v) is 67.2. The number of hydrogen-bond acceptors (Lipinski definition) is 6. The van der Waals surface area contributed by atoms with Crippen LogP contribution in [0.4, 0.5) is 51.2 Å². The lowest BCUT2D eigenvalue weighted by Crippen LogP contribution is -2.15. The highest BCUT2D eigenvalue weighted by atomic mass is 15.2. The van der Waals surface area contributed by atoms with Gasteiger partial charge in [0, 0.05) is 74.7 Å². The molecule has 24 rings (SSSR count). The van der Waals surface area contributed by atoms with Crippen LogP contribution in [0.3, 0.4) is 0 Å². The van der Waals surface area contributed by atoms with Gasteiger partial charge < -0.3 is 14.7 Å². The summed E-state index contributed by atoms with van der Waals surface area (Å²) in [4.78, 5) is 21.2. The molecule has 0 radical (unpaired) electrons. The number of nitrogens with zero attached hydrogens (tertiary/aromatic N) is 6. The summed E-state index contributed by atoms with van der Waals surface area (Å²) in [7, 11) is 0. The second-order valence-corrected chi connectivity index (χ2v) is 31.4. The molecular weight excluding hydrogens is 1490 g/mol. The number of fused-ring (bicyclic) bond motifs is 6. The topological polar surface area (TPSA) is 48.4 Å². The largest absolute Gasteiger partial charge is 0.309 e. The third kappa shape index (κ3) is 13.8. The number of anilines is 9. The molecule has 0 bridgehead atoms. The number of benzene rings is 18. The molecule has 0 unspecified atom stereocenters. The van der Waals surface area contributed by atoms with Crippen molar-refractivity contribution in [2.75, 3.05) is 14.7 Å². The quantitative estimate of drug-likeness (QED) is 0.121. The van der Waals surface area contributed by atoms with Gasteiger partial charge in [0.1, 0.15) is 0 Å². The fourth-order valence-corrected chi connectivity index (χ4v) is 18.4. The van der Waals surface area contributed by atoms with Gasteiger partial charge in [0.05, 0.1) is 46.0 Å². The standard InChI is InChI=1S/3C39H26N2/c1-3-11-27(12-4-1)29-15-7-16-30(23-29)31-17-8-19-34(25-31)41-36-20-9-18-32-24-33(28-13-5-2-6-14-28)26-35(38(32)36)39-37(41)21-10-22-40-39;1-3-10-27(11-4-1)29-14-7-15-30(22-29)31-16-8-18-34(24-31)41-37-20-21-40-26-36(37)35-25-33(28-12-5-2-6-13-28)23-32-17-9-19-38(41)39(32)35;1-3-10-27(11-4-1)29-14-7-15-30(22-29)31-16-8-18-34(24-31)41-37-19-9-17-32-23-33(28-12-5-2-6-13-28)25-36(39(32)37)35-20-21-40-26-38(35)41/h3*1-26H. The summed E-state index contributed by atoms with van der Waals surface area (Å²) in [6.07, 6.45) is 9.70. The van der Waals surface area contributed by atoms with Crippen molar-refractivity contribution >= 4 is 83.5 Å². The van der Waals surface area contributed by atoms with Crippen molar-refractivity contribution in [2.45, 2.75) is 0 Å². The van der Waals surface area contributed by atoms with E-state index in [4.69, 9.17) is 4.98 Å². The van der Waals surface area contributed by atoms with E-state index in [9.17, 15) is 0 Å². The van der Waals surface area contributed by atoms with Gasteiger partial charge in [0.2, 0.25) is 0 Å². The Morgan fingerprint density at radius 1 is 0.154 bits per heavy atom. The summed E-state index contributed by atoms with van der Waals surface area (Å²) in [6.45, 7) is 0. The highest BCUT2D eigenvalue weighted by Gasteiger charge is 2.32. The molecule has 123 heavy (non-hydrogen) atoms. The molecule has 21 aromatic rings. The van der Waals surface area contributed by atoms with Crippen LogP contribution in [-0.2, 0) is 0 Å².